The van der Waals surface area contributed by atoms with E-state index < -0.39 is 0 Å². The Hall–Kier alpha value is -1.14. The molecule has 0 aliphatic rings. The average molecular weight is 358 g/mol. The largest absolute Gasteiger partial charge is 0.383 e. The maximum atomic E-state index is 5.67. The molecule has 0 saturated carbocycles. The van der Waals surface area contributed by atoms with Crippen LogP contribution in [0.3, 0.4) is 0 Å². The van der Waals surface area contributed by atoms with Crippen molar-refractivity contribution in [1.29, 1.82) is 0 Å². The third-order valence-corrected chi connectivity index (χ3v) is 3.78. The molecule has 0 spiro atoms. The zero-order chi connectivity index (χ0) is 12.3. The Kier molecular flexibility index (Phi) is 3.96. The fourth-order valence-electron chi connectivity index (χ4n) is 1.33. The number of nitrogens with two attached hydrogens (primary N) is 1. The highest BCUT2D eigenvalue weighted by molar-refractivity contribution is 9.11. The molecule has 2 rings (SSSR count). The third-order valence-electron chi connectivity index (χ3n) is 2.22. The van der Waals surface area contributed by atoms with E-state index in [0.717, 1.165) is 10.0 Å². The lowest BCUT2D eigenvalue weighted by molar-refractivity contribution is 1.07. The van der Waals surface area contributed by atoms with Crippen LogP contribution in [0.5, 0.6) is 0 Å². The molecule has 0 aliphatic carbocycles. The normalized spacial score (nSPS) is 10.2. The van der Waals surface area contributed by atoms with Crippen LogP contribution in [0, 0.1) is 0 Å². The zero-order valence-corrected chi connectivity index (χ0v) is 12.0. The van der Waals surface area contributed by atoms with Gasteiger partial charge in [-0.25, -0.2) is 9.97 Å². The van der Waals surface area contributed by atoms with Crippen LogP contribution in [0.4, 0.5) is 11.6 Å². The molecule has 4 nitrogen and oxygen atoms in total. The second-order valence-electron chi connectivity index (χ2n) is 3.37. The van der Waals surface area contributed by atoms with Crippen LogP contribution in [0.25, 0.3) is 0 Å². The van der Waals surface area contributed by atoms with Gasteiger partial charge in [-0.1, -0.05) is 34.1 Å². The van der Waals surface area contributed by atoms with Crippen molar-refractivity contribution in [2.24, 2.45) is 0 Å². The van der Waals surface area contributed by atoms with Crippen molar-refractivity contribution in [3.63, 3.8) is 0 Å². The van der Waals surface area contributed by atoms with Gasteiger partial charge >= 0.3 is 0 Å². The van der Waals surface area contributed by atoms with Gasteiger partial charge in [0.2, 0.25) is 0 Å². The van der Waals surface area contributed by atoms with Gasteiger partial charge in [-0.05, 0) is 27.6 Å². The number of hydrogen-bond acceptors (Lipinski definition) is 4. The van der Waals surface area contributed by atoms with E-state index in [0.29, 0.717) is 22.7 Å². The fourth-order valence-corrected chi connectivity index (χ4v) is 2.10. The van der Waals surface area contributed by atoms with E-state index in [2.05, 4.69) is 47.1 Å². The lowest BCUT2D eigenvalue weighted by Gasteiger charge is -2.09. The van der Waals surface area contributed by atoms with Crippen molar-refractivity contribution in [1.82, 2.24) is 9.97 Å². The maximum Gasteiger partial charge on any atom is 0.146 e. The van der Waals surface area contributed by atoms with E-state index in [9.17, 15) is 0 Å². The minimum atomic E-state index is 0.426. The summed E-state index contributed by atoms with van der Waals surface area (Å²) >= 11 is 6.84. The SMILES string of the molecule is Nc1ncnc(NCc2ccccc2Br)c1Br. The molecule has 2 aromatic rings. The third kappa shape index (κ3) is 2.95. The van der Waals surface area contributed by atoms with Crippen LogP contribution in [0.2, 0.25) is 0 Å². The van der Waals surface area contributed by atoms with E-state index in [1.165, 1.54) is 6.33 Å². The summed E-state index contributed by atoms with van der Waals surface area (Å²) < 4.78 is 1.75. The Bertz CT molecular complexity index is 531. The summed E-state index contributed by atoms with van der Waals surface area (Å²) in [5.41, 5.74) is 6.82. The van der Waals surface area contributed by atoms with E-state index in [-0.39, 0.29) is 0 Å². The first-order valence-electron chi connectivity index (χ1n) is 4.91. The highest BCUT2D eigenvalue weighted by Gasteiger charge is 2.06. The lowest BCUT2D eigenvalue weighted by Crippen LogP contribution is -2.05. The molecule has 0 amide bonds. The van der Waals surface area contributed by atoms with Crippen LogP contribution in [0.1, 0.15) is 5.56 Å². The number of anilines is 2. The average Bonchev–Trinajstić information content (AvgIpc) is 2.33. The van der Waals surface area contributed by atoms with Crippen LogP contribution < -0.4 is 11.1 Å². The first-order chi connectivity index (χ1) is 8.18. The van der Waals surface area contributed by atoms with Gasteiger partial charge in [0.25, 0.3) is 0 Å². The summed E-state index contributed by atoms with van der Waals surface area (Å²) in [4.78, 5) is 8.00. The molecule has 0 saturated heterocycles. The molecular formula is C11H10Br2N4. The summed E-state index contributed by atoms with van der Waals surface area (Å²) in [5, 5.41) is 3.20. The maximum absolute atomic E-state index is 5.67. The standard InChI is InChI=1S/C11H10Br2N4/c12-8-4-2-1-3-7(8)5-15-11-9(13)10(14)16-6-17-11/h1-4,6H,5H2,(H3,14,15,16,17). The molecule has 0 bridgehead atoms. The number of nitrogens with zero attached hydrogens (tertiary/aromatic N) is 2. The number of nitrogens with one attached hydrogen (secondary N) is 1. The Morgan fingerprint density at radius 1 is 1.18 bits per heavy atom. The molecule has 6 heteroatoms. The number of halogens is 2. The van der Waals surface area contributed by atoms with Gasteiger partial charge < -0.3 is 11.1 Å². The second kappa shape index (κ2) is 5.46. The first kappa shape index (κ1) is 12.3. The van der Waals surface area contributed by atoms with Gasteiger partial charge in [-0.2, -0.15) is 0 Å². The molecule has 0 aliphatic heterocycles. The molecule has 0 radical (unpaired) electrons. The molecule has 0 atom stereocenters. The second-order valence-corrected chi connectivity index (χ2v) is 5.01. The van der Waals surface area contributed by atoms with E-state index >= 15 is 0 Å². The number of hydrogen-bond donors (Lipinski definition) is 2. The summed E-state index contributed by atoms with van der Waals surface area (Å²) in [6.07, 6.45) is 1.43. The summed E-state index contributed by atoms with van der Waals surface area (Å²) in [7, 11) is 0. The van der Waals surface area contributed by atoms with E-state index in [4.69, 9.17) is 5.73 Å². The smallest absolute Gasteiger partial charge is 0.146 e. The fraction of sp³-hybridized carbons (Fsp3) is 0.0909. The number of rotatable bonds is 3. The molecule has 1 aromatic carbocycles. The van der Waals surface area contributed by atoms with Crippen molar-refractivity contribution < 1.29 is 0 Å². The van der Waals surface area contributed by atoms with Gasteiger partial charge in [0, 0.05) is 11.0 Å². The van der Waals surface area contributed by atoms with Crippen LogP contribution >= 0.6 is 31.9 Å². The minimum absolute atomic E-state index is 0.426. The minimum Gasteiger partial charge on any atom is -0.383 e. The van der Waals surface area contributed by atoms with E-state index in [1.807, 2.05) is 24.3 Å². The number of aromatic nitrogens is 2. The summed E-state index contributed by atoms with van der Waals surface area (Å²) in [5.74, 6) is 1.11. The number of benzene rings is 1. The van der Waals surface area contributed by atoms with Crippen molar-refractivity contribution in [3.8, 4) is 0 Å². The van der Waals surface area contributed by atoms with Crippen LogP contribution in [0.15, 0.2) is 39.5 Å². The molecule has 1 aromatic heterocycles. The Labute approximate surface area is 116 Å². The van der Waals surface area contributed by atoms with Gasteiger partial charge in [0.15, 0.2) is 0 Å². The first-order valence-corrected chi connectivity index (χ1v) is 6.50. The quantitative estimate of drug-likeness (QED) is 0.885. The van der Waals surface area contributed by atoms with Crippen LogP contribution in [-0.4, -0.2) is 9.97 Å². The van der Waals surface area contributed by atoms with Crippen molar-refractivity contribution in [2.75, 3.05) is 11.1 Å². The van der Waals surface area contributed by atoms with Gasteiger partial charge in [0.1, 0.15) is 22.4 Å². The lowest BCUT2D eigenvalue weighted by atomic mass is 10.2. The topological polar surface area (TPSA) is 63.8 Å². The Balaban J connectivity index is 2.13. The molecule has 3 N–H and O–H groups in total. The molecule has 88 valence electrons. The molecule has 1 heterocycles. The van der Waals surface area contributed by atoms with E-state index in [1.54, 1.807) is 0 Å². The van der Waals surface area contributed by atoms with Crippen molar-refractivity contribution >= 4 is 43.5 Å². The van der Waals surface area contributed by atoms with Gasteiger partial charge in [0.05, 0.1) is 0 Å². The Morgan fingerprint density at radius 3 is 2.71 bits per heavy atom. The van der Waals surface area contributed by atoms with Crippen LogP contribution in [-0.2, 0) is 6.54 Å². The number of nitrogen functional groups attached to an aromatic ring is 1. The highest BCUT2D eigenvalue weighted by atomic mass is 79.9. The highest BCUT2D eigenvalue weighted by Crippen LogP contribution is 2.25. The summed E-state index contributed by atoms with van der Waals surface area (Å²) in [6.45, 7) is 0.663. The molecule has 17 heavy (non-hydrogen) atoms. The molecular weight excluding hydrogens is 348 g/mol. The van der Waals surface area contributed by atoms with Gasteiger partial charge in [-0.15, -0.1) is 0 Å². The Morgan fingerprint density at radius 2 is 1.94 bits per heavy atom. The predicted molar refractivity (Wildman–Crippen MR) is 75.6 cm³/mol. The predicted octanol–water partition coefficient (Wildman–Crippen LogP) is 3.20. The summed E-state index contributed by atoms with van der Waals surface area (Å²) in [6, 6.07) is 8.01. The monoisotopic (exact) mass is 356 g/mol. The van der Waals surface area contributed by atoms with Gasteiger partial charge in [-0.3, -0.25) is 0 Å². The van der Waals surface area contributed by atoms with Crippen molar-refractivity contribution in [2.45, 2.75) is 6.54 Å². The molecule has 0 unspecified atom stereocenters. The molecule has 0 fully saturated rings. The van der Waals surface area contributed by atoms with Crippen molar-refractivity contribution in [3.05, 3.63) is 45.1 Å². The zero-order valence-electron chi connectivity index (χ0n) is 8.82.